The van der Waals surface area contributed by atoms with E-state index in [9.17, 15) is 20.2 Å². The van der Waals surface area contributed by atoms with E-state index in [1.165, 1.54) is 31.4 Å². The third-order valence-electron chi connectivity index (χ3n) is 4.93. The number of nitro groups is 1. The third kappa shape index (κ3) is 6.52. The minimum Gasteiger partial charge on any atom is -0.494 e. The van der Waals surface area contributed by atoms with Gasteiger partial charge in [0.05, 0.1) is 30.4 Å². The molecule has 0 atom stereocenters. The third-order valence-corrected chi connectivity index (χ3v) is 5.30. The zero-order valence-corrected chi connectivity index (χ0v) is 20.2. The van der Waals surface area contributed by atoms with Crippen LogP contribution in [-0.2, 0) is 11.4 Å². The molecule has 0 bridgehead atoms. The Balaban J connectivity index is 1.81. The van der Waals surface area contributed by atoms with Crippen LogP contribution in [0.5, 0.6) is 17.2 Å². The van der Waals surface area contributed by atoms with E-state index >= 15 is 0 Å². The molecule has 0 fully saturated rings. The highest BCUT2D eigenvalue weighted by molar-refractivity contribution is 6.31. The summed E-state index contributed by atoms with van der Waals surface area (Å²) in [5.41, 5.74) is 1.15. The summed E-state index contributed by atoms with van der Waals surface area (Å²) in [5.74, 6) is 0.302. The van der Waals surface area contributed by atoms with Crippen molar-refractivity contribution in [3.8, 4) is 23.3 Å². The SMILES string of the molecule is CCOc1cc(/C=C(\C#N)C(=O)Nc2ccc([N+](=O)[O-])cc2OC)ccc1OCc1ccccc1Cl. The minimum absolute atomic E-state index is 0.0912. The second-order valence-corrected chi connectivity index (χ2v) is 7.69. The lowest BCUT2D eigenvalue weighted by atomic mass is 10.1. The number of nitrogens with zero attached hydrogens (tertiary/aromatic N) is 2. The molecule has 0 saturated heterocycles. The molecule has 10 heteroatoms. The van der Waals surface area contributed by atoms with Crippen LogP contribution in [0.2, 0.25) is 5.02 Å². The number of nitrogens with one attached hydrogen (secondary N) is 1. The van der Waals surface area contributed by atoms with Gasteiger partial charge in [0.1, 0.15) is 24.0 Å². The van der Waals surface area contributed by atoms with Gasteiger partial charge in [0, 0.05) is 16.7 Å². The predicted molar refractivity (Wildman–Crippen MR) is 135 cm³/mol. The largest absolute Gasteiger partial charge is 0.494 e. The number of halogens is 1. The molecule has 0 radical (unpaired) electrons. The standard InChI is InChI=1S/C26H22ClN3O6/c1-3-35-25-13-17(8-11-23(25)36-16-18-6-4-5-7-21(18)27)12-19(15-28)26(31)29-22-10-9-20(30(32)33)14-24(22)34-2/h4-14H,3,16H2,1-2H3,(H,29,31)/b19-12+. The van der Waals surface area contributed by atoms with Crippen LogP contribution < -0.4 is 19.5 Å². The van der Waals surface area contributed by atoms with Crippen molar-refractivity contribution in [3.63, 3.8) is 0 Å². The summed E-state index contributed by atoms with van der Waals surface area (Å²) in [6.45, 7) is 2.44. The van der Waals surface area contributed by atoms with Crippen molar-refractivity contribution in [1.29, 1.82) is 5.26 Å². The summed E-state index contributed by atoms with van der Waals surface area (Å²) in [5, 5.41) is 23.7. The van der Waals surface area contributed by atoms with Gasteiger partial charge in [0.15, 0.2) is 11.5 Å². The molecule has 0 spiro atoms. The summed E-state index contributed by atoms with van der Waals surface area (Å²) in [6, 6.07) is 18.0. The molecule has 0 heterocycles. The molecule has 0 aliphatic heterocycles. The minimum atomic E-state index is -0.707. The fourth-order valence-electron chi connectivity index (χ4n) is 3.17. The first-order valence-corrected chi connectivity index (χ1v) is 11.1. The van der Waals surface area contributed by atoms with Crippen molar-refractivity contribution in [2.75, 3.05) is 19.0 Å². The van der Waals surface area contributed by atoms with Crippen LogP contribution >= 0.6 is 11.6 Å². The van der Waals surface area contributed by atoms with Gasteiger partial charge in [-0.05, 0) is 42.8 Å². The number of non-ortho nitro benzene ring substituents is 1. The second-order valence-electron chi connectivity index (χ2n) is 7.28. The number of anilines is 1. The molecule has 3 aromatic carbocycles. The van der Waals surface area contributed by atoms with Gasteiger partial charge in [0.25, 0.3) is 11.6 Å². The molecule has 0 saturated carbocycles. The van der Waals surface area contributed by atoms with E-state index in [2.05, 4.69) is 5.32 Å². The molecule has 0 aliphatic carbocycles. The van der Waals surface area contributed by atoms with Crippen LogP contribution in [0.3, 0.4) is 0 Å². The summed E-state index contributed by atoms with van der Waals surface area (Å²) < 4.78 is 16.7. The Morgan fingerprint density at radius 3 is 2.56 bits per heavy atom. The zero-order chi connectivity index (χ0) is 26.1. The number of carbonyl (C=O) groups is 1. The maximum atomic E-state index is 12.7. The molecule has 0 unspecified atom stereocenters. The van der Waals surface area contributed by atoms with Gasteiger partial charge in [-0.25, -0.2) is 0 Å². The molecule has 3 rings (SSSR count). The Kier molecular flexibility index (Phi) is 8.86. The highest BCUT2D eigenvalue weighted by Crippen LogP contribution is 2.32. The smallest absolute Gasteiger partial charge is 0.273 e. The summed E-state index contributed by atoms with van der Waals surface area (Å²) in [6.07, 6.45) is 1.40. The van der Waals surface area contributed by atoms with Gasteiger partial charge in [-0.3, -0.25) is 14.9 Å². The number of hydrogen-bond acceptors (Lipinski definition) is 7. The highest BCUT2D eigenvalue weighted by Gasteiger charge is 2.16. The van der Waals surface area contributed by atoms with Gasteiger partial charge < -0.3 is 19.5 Å². The Morgan fingerprint density at radius 2 is 1.89 bits per heavy atom. The van der Waals surface area contributed by atoms with Gasteiger partial charge >= 0.3 is 0 Å². The molecule has 3 aromatic rings. The average molecular weight is 508 g/mol. The summed E-state index contributed by atoms with van der Waals surface area (Å²) in [7, 11) is 1.32. The maximum Gasteiger partial charge on any atom is 0.273 e. The van der Waals surface area contributed by atoms with E-state index in [1.807, 2.05) is 31.2 Å². The van der Waals surface area contributed by atoms with Crippen molar-refractivity contribution < 1.29 is 23.9 Å². The quantitative estimate of drug-likeness (QED) is 0.159. The first kappa shape index (κ1) is 26.1. The first-order valence-electron chi connectivity index (χ1n) is 10.7. The Hall–Kier alpha value is -4.55. The van der Waals surface area contributed by atoms with Crippen LogP contribution in [0, 0.1) is 21.4 Å². The monoisotopic (exact) mass is 507 g/mol. The normalized spacial score (nSPS) is 10.8. The summed E-state index contributed by atoms with van der Waals surface area (Å²) in [4.78, 5) is 23.1. The van der Waals surface area contributed by atoms with Gasteiger partial charge in [0.2, 0.25) is 0 Å². The fourth-order valence-corrected chi connectivity index (χ4v) is 3.36. The van der Waals surface area contributed by atoms with Crippen molar-refractivity contribution in [3.05, 3.63) is 92.5 Å². The molecular weight excluding hydrogens is 486 g/mol. The first-order chi connectivity index (χ1) is 17.4. The molecule has 0 aromatic heterocycles. The van der Waals surface area contributed by atoms with E-state index in [1.54, 1.807) is 24.3 Å². The van der Waals surface area contributed by atoms with Crippen LogP contribution in [0.15, 0.2) is 66.2 Å². The van der Waals surface area contributed by atoms with Crippen LogP contribution in [0.1, 0.15) is 18.1 Å². The van der Waals surface area contributed by atoms with E-state index in [0.717, 1.165) is 5.56 Å². The van der Waals surface area contributed by atoms with E-state index in [-0.39, 0.29) is 29.3 Å². The van der Waals surface area contributed by atoms with Crippen LogP contribution in [0.4, 0.5) is 11.4 Å². The Labute approximate surface area is 212 Å². The molecular formula is C26H22ClN3O6. The number of methoxy groups -OCH3 is 1. The van der Waals surface area contributed by atoms with Crippen molar-refractivity contribution >= 4 is 35.0 Å². The van der Waals surface area contributed by atoms with Gasteiger partial charge in [-0.2, -0.15) is 5.26 Å². The molecule has 9 nitrogen and oxygen atoms in total. The maximum absolute atomic E-state index is 12.7. The second kappa shape index (κ2) is 12.2. The van der Waals surface area contributed by atoms with Crippen LogP contribution in [0.25, 0.3) is 6.08 Å². The van der Waals surface area contributed by atoms with Crippen molar-refractivity contribution in [2.45, 2.75) is 13.5 Å². The lowest BCUT2D eigenvalue weighted by Gasteiger charge is -2.13. The Morgan fingerprint density at radius 1 is 1.11 bits per heavy atom. The van der Waals surface area contributed by atoms with Crippen molar-refractivity contribution in [1.82, 2.24) is 0 Å². The number of amides is 1. The van der Waals surface area contributed by atoms with E-state index < -0.39 is 10.8 Å². The number of rotatable bonds is 10. The van der Waals surface area contributed by atoms with E-state index in [0.29, 0.717) is 28.7 Å². The number of ether oxygens (including phenoxy) is 3. The molecule has 0 aliphatic rings. The summed E-state index contributed by atoms with van der Waals surface area (Å²) >= 11 is 6.19. The average Bonchev–Trinajstić information content (AvgIpc) is 2.87. The number of nitro benzene ring substituents is 1. The molecule has 184 valence electrons. The highest BCUT2D eigenvalue weighted by atomic mass is 35.5. The van der Waals surface area contributed by atoms with Gasteiger partial charge in [-0.15, -0.1) is 0 Å². The molecule has 36 heavy (non-hydrogen) atoms. The predicted octanol–water partition coefficient (Wildman–Crippen LogP) is 5.78. The zero-order valence-electron chi connectivity index (χ0n) is 19.5. The molecule has 1 amide bonds. The lowest BCUT2D eigenvalue weighted by molar-refractivity contribution is -0.384. The van der Waals surface area contributed by atoms with Crippen molar-refractivity contribution in [2.24, 2.45) is 0 Å². The fraction of sp³-hybridized carbons (Fsp3) is 0.154. The lowest BCUT2D eigenvalue weighted by Crippen LogP contribution is -2.14. The van der Waals surface area contributed by atoms with Crippen LogP contribution in [-0.4, -0.2) is 24.5 Å². The number of nitriles is 1. The number of hydrogen-bond donors (Lipinski definition) is 1. The van der Waals surface area contributed by atoms with Gasteiger partial charge in [-0.1, -0.05) is 35.9 Å². The Bertz CT molecular complexity index is 1350. The topological polar surface area (TPSA) is 124 Å². The number of carbonyl (C=O) groups excluding carboxylic acids is 1. The molecule has 1 N–H and O–H groups in total. The van der Waals surface area contributed by atoms with E-state index in [4.69, 9.17) is 25.8 Å². The number of benzene rings is 3.